The van der Waals surface area contributed by atoms with E-state index in [1.54, 1.807) is 30.3 Å². The van der Waals surface area contributed by atoms with Gasteiger partial charge in [-0.1, -0.05) is 49.4 Å². The summed E-state index contributed by atoms with van der Waals surface area (Å²) in [6.45, 7) is 5.83. The number of nitrogens with zero attached hydrogens (tertiary/aromatic N) is 2. The Morgan fingerprint density at radius 2 is 2.02 bits per heavy atom. The van der Waals surface area contributed by atoms with Crippen LogP contribution in [-0.4, -0.2) is 85.0 Å². The Bertz CT molecular complexity index is 1370. The van der Waals surface area contributed by atoms with Gasteiger partial charge in [-0.05, 0) is 36.1 Å². The lowest BCUT2D eigenvalue weighted by Crippen LogP contribution is -2.69. The van der Waals surface area contributed by atoms with Crippen molar-refractivity contribution in [2.24, 2.45) is 11.3 Å². The molecular formula is C32H39F3N3O4+. The van der Waals surface area contributed by atoms with Gasteiger partial charge in [0, 0.05) is 43.8 Å². The first-order chi connectivity index (χ1) is 19.8. The van der Waals surface area contributed by atoms with Gasteiger partial charge in [0.2, 0.25) is 5.76 Å². The summed E-state index contributed by atoms with van der Waals surface area (Å²) >= 11 is 0. The van der Waals surface area contributed by atoms with Crippen molar-refractivity contribution in [2.75, 3.05) is 34.2 Å². The summed E-state index contributed by atoms with van der Waals surface area (Å²) in [6, 6.07) is 8.63. The van der Waals surface area contributed by atoms with E-state index in [4.69, 9.17) is 4.74 Å². The summed E-state index contributed by atoms with van der Waals surface area (Å²) in [4.78, 5) is 15.1. The number of benzene rings is 1. The average Bonchev–Trinajstić information content (AvgIpc) is 3.27. The predicted molar refractivity (Wildman–Crippen MR) is 151 cm³/mol. The van der Waals surface area contributed by atoms with Gasteiger partial charge in [0.25, 0.3) is 5.91 Å². The number of halogens is 3. The van der Waals surface area contributed by atoms with Crippen molar-refractivity contribution in [3.05, 3.63) is 77.6 Å². The molecule has 1 saturated carbocycles. The number of allylic oxidation sites excluding steroid dienone is 1. The van der Waals surface area contributed by atoms with E-state index in [0.29, 0.717) is 17.5 Å². The van der Waals surface area contributed by atoms with Crippen LogP contribution in [0, 0.1) is 11.3 Å². The van der Waals surface area contributed by atoms with Crippen molar-refractivity contribution >= 4 is 11.6 Å². The first-order valence-electron chi connectivity index (χ1n) is 14.6. The van der Waals surface area contributed by atoms with Gasteiger partial charge < -0.3 is 29.3 Å². The molecule has 5 aliphatic rings. The molecule has 0 radical (unpaired) electrons. The van der Waals surface area contributed by atoms with E-state index in [2.05, 4.69) is 23.7 Å². The Morgan fingerprint density at radius 3 is 2.69 bits per heavy atom. The van der Waals surface area contributed by atoms with Gasteiger partial charge in [0.1, 0.15) is 6.10 Å². The molecule has 42 heavy (non-hydrogen) atoms. The number of carbonyl (C=O) groups is 1. The fourth-order valence-corrected chi connectivity index (χ4v) is 8.71. The highest BCUT2D eigenvalue weighted by Crippen LogP contribution is 2.66. The van der Waals surface area contributed by atoms with Crippen LogP contribution in [0.3, 0.4) is 0 Å². The molecular weight excluding hydrogens is 547 g/mol. The van der Waals surface area contributed by atoms with E-state index in [0.717, 1.165) is 60.8 Å². The molecule has 3 aliphatic carbocycles. The fourth-order valence-electron chi connectivity index (χ4n) is 8.71. The smallest absolute Gasteiger partial charge is 0.398 e. The van der Waals surface area contributed by atoms with Gasteiger partial charge in [0.15, 0.2) is 5.72 Å². The Kier molecular flexibility index (Phi) is 6.90. The van der Waals surface area contributed by atoms with Crippen LogP contribution >= 0.6 is 0 Å². The largest absolute Gasteiger partial charge is 0.573 e. The molecule has 10 heteroatoms. The number of ether oxygens (including phenoxy) is 2. The Hall–Kier alpha value is -3.08. The highest BCUT2D eigenvalue weighted by Gasteiger charge is 2.70. The highest BCUT2D eigenvalue weighted by molar-refractivity contribution is 5.99. The summed E-state index contributed by atoms with van der Waals surface area (Å²) in [6.07, 6.45) is 3.77. The maximum atomic E-state index is 13.7. The van der Waals surface area contributed by atoms with E-state index in [1.807, 2.05) is 12.2 Å². The number of likely N-dealkylation sites (tertiary alicyclic amines) is 1. The lowest BCUT2D eigenvalue weighted by atomic mass is 9.50. The minimum absolute atomic E-state index is 0.0690. The number of nitrogens with one attached hydrogen (secondary N) is 1. The van der Waals surface area contributed by atoms with E-state index >= 15 is 0 Å². The number of alkyl halides is 3. The van der Waals surface area contributed by atoms with Crippen LogP contribution in [-0.2, 0) is 14.3 Å². The zero-order valence-corrected chi connectivity index (χ0v) is 24.3. The number of carbonyl (C=O) groups excluding carboxylic acids is 1. The van der Waals surface area contributed by atoms with Crippen molar-refractivity contribution < 1.29 is 37.0 Å². The molecule has 1 aromatic rings. The Balaban J connectivity index is 1.39. The van der Waals surface area contributed by atoms with Crippen LogP contribution in [0.15, 0.2) is 72.0 Å². The SMILES string of the molecule is C=CC[N+]1(C)CC[C@]23C4=C5C=CC(O)(NC(=O)C(OC(F)(F)F)=C(c6ccccc6)N(C)C)C4O[C@H]2CCC[C@H]3[C@H]1C5. The second-order valence-electron chi connectivity index (χ2n) is 12.8. The minimum atomic E-state index is -5.13. The molecule has 7 nitrogen and oxygen atoms in total. The van der Waals surface area contributed by atoms with Crippen LogP contribution in [0.25, 0.3) is 5.70 Å². The van der Waals surface area contributed by atoms with Crippen LogP contribution < -0.4 is 5.32 Å². The number of hydrogen-bond donors (Lipinski definition) is 2. The van der Waals surface area contributed by atoms with Crippen LogP contribution in [0.2, 0.25) is 0 Å². The van der Waals surface area contributed by atoms with Crippen LogP contribution in [0.4, 0.5) is 13.2 Å². The number of rotatable bonds is 7. The Morgan fingerprint density at radius 1 is 1.29 bits per heavy atom. The van der Waals surface area contributed by atoms with Gasteiger partial charge in [-0.25, -0.2) is 0 Å². The second kappa shape index (κ2) is 9.99. The number of piperidine rings is 1. The fraction of sp³-hybridized carbons (Fsp3) is 0.531. The quantitative estimate of drug-likeness (QED) is 0.162. The van der Waals surface area contributed by atoms with Gasteiger partial charge in [-0.3, -0.25) is 4.79 Å². The van der Waals surface area contributed by atoms with Crippen LogP contribution in [0.5, 0.6) is 0 Å². The predicted octanol–water partition coefficient (Wildman–Crippen LogP) is 4.49. The van der Waals surface area contributed by atoms with Crippen molar-refractivity contribution in [1.29, 1.82) is 0 Å². The van der Waals surface area contributed by atoms with Crippen molar-refractivity contribution in [3.8, 4) is 0 Å². The summed E-state index contributed by atoms with van der Waals surface area (Å²) in [5, 5.41) is 14.6. The lowest BCUT2D eigenvalue weighted by molar-refractivity contribution is -0.940. The third-order valence-corrected chi connectivity index (χ3v) is 10.3. The lowest BCUT2D eigenvalue weighted by Gasteiger charge is -2.61. The molecule has 2 saturated heterocycles. The molecule has 2 heterocycles. The molecule has 2 N–H and O–H groups in total. The summed E-state index contributed by atoms with van der Waals surface area (Å²) in [5.41, 5.74) is 0.105. The summed E-state index contributed by atoms with van der Waals surface area (Å²) in [7, 11) is 5.37. The molecule has 6 rings (SSSR count). The molecule has 2 aliphatic heterocycles. The first kappa shape index (κ1) is 29.0. The molecule has 3 fully saturated rings. The summed E-state index contributed by atoms with van der Waals surface area (Å²) in [5.74, 6) is -1.78. The van der Waals surface area contributed by atoms with E-state index in [1.165, 1.54) is 25.1 Å². The highest BCUT2D eigenvalue weighted by atomic mass is 19.4. The molecule has 3 unspecified atom stereocenters. The van der Waals surface area contributed by atoms with Crippen molar-refractivity contribution in [2.45, 2.75) is 62.4 Å². The molecule has 2 bridgehead atoms. The van der Waals surface area contributed by atoms with E-state index in [9.17, 15) is 23.1 Å². The number of likely N-dealkylation sites (N-methyl/N-ethyl adjacent to an activating group) is 1. The topological polar surface area (TPSA) is 71.0 Å². The van der Waals surface area contributed by atoms with E-state index in [-0.39, 0.29) is 17.2 Å². The first-order valence-corrected chi connectivity index (χ1v) is 14.6. The second-order valence-corrected chi connectivity index (χ2v) is 12.8. The van der Waals surface area contributed by atoms with Gasteiger partial charge >= 0.3 is 6.36 Å². The monoisotopic (exact) mass is 586 g/mol. The summed E-state index contributed by atoms with van der Waals surface area (Å²) < 4.78 is 53.0. The number of aliphatic hydroxyl groups is 1. The number of hydrogen-bond acceptors (Lipinski definition) is 5. The molecule has 7 atom stereocenters. The molecule has 1 amide bonds. The number of quaternary nitrogens is 1. The van der Waals surface area contributed by atoms with Crippen molar-refractivity contribution in [3.63, 3.8) is 0 Å². The minimum Gasteiger partial charge on any atom is -0.398 e. The molecule has 0 aromatic heterocycles. The molecule has 226 valence electrons. The number of amides is 1. The zero-order valence-electron chi connectivity index (χ0n) is 24.3. The van der Waals surface area contributed by atoms with Gasteiger partial charge in [-0.15, -0.1) is 13.2 Å². The normalized spacial score (nSPS) is 37.0. The Labute approximate surface area is 244 Å². The van der Waals surface area contributed by atoms with Crippen LogP contribution in [0.1, 0.15) is 37.7 Å². The zero-order chi connectivity index (χ0) is 30.1. The standard InChI is InChI=1S/C32H38F3N3O4/c1-5-17-38(4)18-16-30-22-12-9-13-24(30)41-28-25(30)21(19-23(22)38)14-15-31(28,40)36-29(39)27(42-32(33,34)35)26(37(2)3)20-10-7-6-8-11-20/h5-8,10-11,14-15,22-24,28,40H,1,9,12-13,16-19H2,2-4H3/p+1/t22-,23+,24-,28?,30+,31?,38?/m0/s1. The van der Waals surface area contributed by atoms with E-state index < -0.39 is 29.9 Å². The third kappa shape index (κ3) is 4.41. The van der Waals surface area contributed by atoms with Gasteiger partial charge in [0.05, 0.1) is 38.0 Å². The third-order valence-electron chi connectivity index (χ3n) is 10.3. The average molecular weight is 587 g/mol. The molecule has 1 spiro atoms. The maximum Gasteiger partial charge on any atom is 0.573 e. The maximum absolute atomic E-state index is 13.7. The molecule has 1 aromatic carbocycles. The van der Waals surface area contributed by atoms with Crippen molar-refractivity contribution in [1.82, 2.24) is 10.2 Å². The van der Waals surface area contributed by atoms with Gasteiger partial charge in [-0.2, -0.15) is 0 Å².